The number of hydrogen-bond acceptors (Lipinski definition) is 5. The zero-order valence-electron chi connectivity index (χ0n) is 12.9. The van der Waals surface area contributed by atoms with Gasteiger partial charge in [-0.15, -0.1) is 0 Å². The van der Waals surface area contributed by atoms with Crippen LogP contribution in [0.1, 0.15) is 5.56 Å². The highest BCUT2D eigenvalue weighted by Gasteiger charge is 2.07. The van der Waals surface area contributed by atoms with Crippen LogP contribution in [0.3, 0.4) is 0 Å². The minimum Gasteiger partial charge on any atom is -0.506 e. The van der Waals surface area contributed by atoms with E-state index < -0.39 is 5.91 Å². The third-order valence-corrected chi connectivity index (χ3v) is 4.77. The van der Waals surface area contributed by atoms with Crippen molar-refractivity contribution in [2.45, 2.75) is 0 Å². The van der Waals surface area contributed by atoms with Gasteiger partial charge in [0.1, 0.15) is 17.2 Å². The number of carbonyl (C=O) groups excluding carboxylic acids is 1. The smallest absolute Gasteiger partial charge is 0.277 e. The molecule has 0 saturated heterocycles. The summed E-state index contributed by atoms with van der Waals surface area (Å²) in [7, 11) is 1.57. The Morgan fingerprint density at radius 1 is 1.20 bits per heavy atom. The fourth-order valence-corrected chi connectivity index (χ4v) is 3.43. The number of phenols is 1. The normalized spacial score (nSPS) is 10.7. The molecule has 0 aliphatic rings. The largest absolute Gasteiger partial charge is 0.506 e. The number of phenolic OH excluding ortho intramolecular Hbond substituents is 1. The lowest BCUT2D eigenvalue weighted by atomic mass is 10.2. The van der Waals surface area contributed by atoms with Gasteiger partial charge in [-0.2, -0.15) is 5.10 Å². The van der Waals surface area contributed by atoms with E-state index in [4.69, 9.17) is 9.47 Å². The highest BCUT2D eigenvalue weighted by molar-refractivity contribution is 9.11. The van der Waals surface area contributed by atoms with Crippen LogP contribution >= 0.6 is 47.8 Å². The average molecular weight is 537 g/mol. The first-order valence-electron chi connectivity index (χ1n) is 6.87. The molecule has 2 aromatic rings. The molecule has 0 aromatic heterocycles. The number of hydrogen-bond donors (Lipinski definition) is 2. The zero-order valence-corrected chi connectivity index (χ0v) is 17.7. The molecule has 9 heteroatoms. The number of amides is 1. The van der Waals surface area contributed by atoms with Crippen LogP contribution in [-0.4, -0.2) is 30.9 Å². The lowest BCUT2D eigenvalue weighted by Crippen LogP contribution is -2.24. The van der Waals surface area contributed by atoms with E-state index in [-0.39, 0.29) is 12.4 Å². The SMILES string of the molecule is COc1ccc(OCC(=O)N/N=C\c2cc(Br)c(O)c(Br)c2)c(Br)c1. The van der Waals surface area contributed by atoms with Crippen LogP contribution in [-0.2, 0) is 4.79 Å². The quantitative estimate of drug-likeness (QED) is 0.428. The Morgan fingerprint density at radius 3 is 2.48 bits per heavy atom. The first kappa shape index (κ1) is 19.7. The monoisotopic (exact) mass is 534 g/mol. The van der Waals surface area contributed by atoms with Crippen LogP contribution in [0.15, 0.2) is 48.9 Å². The van der Waals surface area contributed by atoms with Crippen molar-refractivity contribution in [1.29, 1.82) is 0 Å². The van der Waals surface area contributed by atoms with Crippen molar-refractivity contribution in [3.8, 4) is 17.2 Å². The van der Waals surface area contributed by atoms with Gasteiger partial charge in [-0.05, 0) is 83.7 Å². The second-order valence-electron chi connectivity index (χ2n) is 4.71. The van der Waals surface area contributed by atoms with Gasteiger partial charge in [-0.25, -0.2) is 5.43 Å². The second kappa shape index (κ2) is 9.21. The van der Waals surface area contributed by atoms with Gasteiger partial charge in [0.15, 0.2) is 6.61 Å². The predicted molar refractivity (Wildman–Crippen MR) is 105 cm³/mol. The molecule has 0 aliphatic carbocycles. The van der Waals surface area contributed by atoms with Gasteiger partial charge in [0, 0.05) is 0 Å². The van der Waals surface area contributed by atoms with Gasteiger partial charge in [0.25, 0.3) is 5.91 Å². The number of nitrogens with one attached hydrogen (secondary N) is 1. The Balaban J connectivity index is 1.88. The van der Waals surface area contributed by atoms with Crippen LogP contribution in [0.2, 0.25) is 0 Å². The van der Waals surface area contributed by atoms with E-state index in [1.54, 1.807) is 37.4 Å². The number of hydrazone groups is 1. The topological polar surface area (TPSA) is 80.2 Å². The molecule has 0 bridgehead atoms. The summed E-state index contributed by atoms with van der Waals surface area (Å²) in [5, 5.41) is 13.5. The summed E-state index contributed by atoms with van der Waals surface area (Å²) < 4.78 is 12.2. The van der Waals surface area contributed by atoms with Crippen LogP contribution < -0.4 is 14.9 Å². The Bertz CT molecular complexity index is 789. The summed E-state index contributed by atoms with van der Waals surface area (Å²) in [6, 6.07) is 8.51. The molecule has 0 aliphatic heterocycles. The van der Waals surface area contributed by atoms with Crippen molar-refractivity contribution in [2.75, 3.05) is 13.7 Å². The Hall–Kier alpha value is -1.58. The number of halogens is 3. The summed E-state index contributed by atoms with van der Waals surface area (Å²) in [4.78, 5) is 11.8. The van der Waals surface area contributed by atoms with E-state index in [2.05, 4.69) is 58.3 Å². The Kier molecular flexibility index (Phi) is 7.27. The van der Waals surface area contributed by atoms with Crippen molar-refractivity contribution in [3.05, 3.63) is 49.3 Å². The van der Waals surface area contributed by atoms with Gasteiger partial charge >= 0.3 is 0 Å². The first-order valence-corrected chi connectivity index (χ1v) is 9.25. The highest BCUT2D eigenvalue weighted by atomic mass is 79.9. The molecular weight excluding hydrogens is 524 g/mol. The van der Waals surface area contributed by atoms with Crippen LogP contribution in [0.25, 0.3) is 0 Å². The number of methoxy groups -OCH3 is 1. The summed E-state index contributed by atoms with van der Waals surface area (Å²) in [5.41, 5.74) is 3.06. The van der Waals surface area contributed by atoms with Crippen molar-refractivity contribution < 1.29 is 19.4 Å². The van der Waals surface area contributed by atoms with Crippen LogP contribution in [0.5, 0.6) is 17.2 Å². The minimum absolute atomic E-state index is 0.0969. The zero-order chi connectivity index (χ0) is 18.4. The number of carbonyl (C=O) groups is 1. The standard InChI is InChI=1S/C16H13Br3N2O4/c1-24-10-2-3-14(11(17)6-10)25-8-15(22)21-20-7-9-4-12(18)16(23)13(19)5-9/h2-7,23H,8H2,1H3,(H,21,22)/b20-7-. The molecule has 2 rings (SSSR count). The van der Waals surface area contributed by atoms with Gasteiger partial charge in [0.05, 0.1) is 26.7 Å². The average Bonchev–Trinajstić information content (AvgIpc) is 2.58. The molecule has 0 spiro atoms. The molecule has 6 nitrogen and oxygen atoms in total. The molecule has 0 fully saturated rings. The summed E-state index contributed by atoms with van der Waals surface area (Å²) in [6.07, 6.45) is 1.45. The molecule has 25 heavy (non-hydrogen) atoms. The molecule has 132 valence electrons. The summed E-state index contributed by atoms with van der Waals surface area (Å²) in [5.74, 6) is 0.890. The maximum atomic E-state index is 11.8. The maximum absolute atomic E-state index is 11.8. The molecule has 2 aromatic carbocycles. The lowest BCUT2D eigenvalue weighted by Gasteiger charge is -2.08. The molecule has 0 radical (unpaired) electrons. The van der Waals surface area contributed by atoms with E-state index in [1.165, 1.54) is 6.21 Å². The van der Waals surface area contributed by atoms with E-state index >= 15 is 0 Å². The highest BCUT2D eigenvalue weighted by Crippen LogP contribution is 2.32. The minimum atomic E-state index is -0.407. The maximum Gasteiger partial charge on any atom is 0.277 e. The molecule has 0 atom stereocenters. The van der Waals surface area contributed by atoms with Gasteiger partial charge in [-0.1, -0.05) is 0 Å². The Morgan fingerprint density at radius 2 is 1.88 bits per heavy atom. The van der Waals surface area contributed by atoms with Crippen molar-refractivity contribution in [3.63, 3.8) is 0 Å². The fourth-order valence-electron chi connectivity index (χ4n) is 1.74. The lowest BCUT2D eigenvalue weighted by molar-refractivity contribution is -0.123. The third-order valence-electron chi connectivity index (χ3n) is 2.94. The van der Waals surface area contributed by atoms with Crippen molar-refractivity contribution >= 4 is 59.9 Å². The molecule has 1 amide bonds. The summed E-state index contributed by atoms with van der Waals surface area (Å²) in [6.45, 7) is -0.189. The van der Waals surface area contributed by atoms with E-state index in [0.717, 1.165) is 0 Å². The second-order valence-corrected chi connectivity index (χ2v) is 7.27. The molecular formula is C16H13Br3N2O4. The first-order chi connectivity index (χ1) is 11.9. The predicted octanol–water partition coefficient (Wildman–Crippen LogP) is 4.22. The van der Waals surface area contributed by atoms with E-state index in [1.807, 2.05) is 0 Å². The van der Waals surface area contributed by atoms with E-state index in [0.29, 0.717) is 30.5 Å². The van der Waals surface area contributed by atoms with Crippen LogP contribution in [0, 0.1) is 0 Å². The number of ether oxygens (including phenoxy) is 2. The summed E-state index contributed by atoms with van der Waals surface area (Å²) >= 11 is 9.79. The molecule has 2 N–H and O–H groups in total. The molecule has 0 unspecified atom stereocenters. The number of benzene rings is 2. The number of aromatic hydroxyl groups is 1. The van der Waals surface area contributed by atoms with Gasteiger partial charge < -0.3 is 14.6 Å². The van der Waals surface area contributed by atoms with Crippen molar-refractivity contribution in [1.82, 2.24) is 5.43 Å². The Labute approximate surface area is 169 Å². The third kappa shape index (κ3) is 5.72. The van der Waals surface area contributed by atoms with Gasteiger partial charge in [-0.3, -0.25) is 4.79 Å². The molecule has 0 saturated carbocycles. The van der Waals surface area contributed by atoms with Gasteiger partial charge in [0.2, 0.25) is 0 Å². The van der Waals surface area contributed by atoms with E-state index in [9.17, 15) is 9.90 Å². The number of rotatable bonds is 6. The number of nitrogens with zero attached hydrogens (tertiary/aromatic N) is 1. The van der Waals surface area contributed by atoms with Crippen LogP contribution in [0.4, 0.5) is 0 Å². The van der Waals surface area contributed by atoms with Crippen molar-refractivity contribution in [2.24, 2.45) is 5.10 Å². The fraction of sp³-hybridized carbons (Fsp3) is 0.125. The molecule has 0 heterocycles.